The molecule has 0 aliphatic carbocycles. The molecule has 27 heavy (non-hydrogen) atoms. The Balaban J connectivity index is 1.99. The normalized spacial score (nSPS) is 10.7. The van der Waals surface area contributed by atoms with Crippen LogP contribution >= 0.6 is 0 Å². The molecule has 0 heterocycles. The number of rotatable bonds is 6. The molecule has 0 bridgehead atoms. The highest BCUT2D eigenvalue weighted by molar-refractivity contribution is 6.00. The van der Waals surface area contributed by atoms with Gasteiger partial charge in [0.2, 0.25) is 0 Å². The Hall–Kier alpha value is -3.73. The molecule has 0 fully saturated rings. The Bertz CT molecular complexity index is 898. The summed E-state index contributed by atoms with van der Waals surface area (Å²) in [6, 6.07) is 11.3. The van der Waals surface area contributed by atoms with E-state index in [-0.39, 0.29) is 5.57 Å². The van der Waals surface area contributed by atoms with E-state index in [0.717, 1.165) is 18.2 Å². The second kappa shape index (κ2) is 9.10. The molecule has 0 unspecified atom stereocenters. The SMILES string of the molecule is COc1ccc(/C=C(\C#N)C(=O)OCC(=O)Nc2c(F)cccc2F)cc1. The molecule has 1 amide bonds. The van der Waals surface area contributed by atoms with Crippen LogP contribution in [0.4, 0.5) is 14.5 Å². The van der Waals surface area contributed by atoms with Gasteiger partial charge < -0.3 is 14.8 Å². The van der Waals surface area contributed by atoms with E-state index < -0.39 is 35.8 Å². The number of nitriles is 1. The number of para-hydroxylation sites is 1. The fourth-order valence-corrected chi connectivity index (χ4v) is 2.01. The maximum Gasteiger partial charge on any atom is 0.349 e. The van der Waals surface area contributed by atoms with Crippen molar-refractivity contribution in [3.8, 4) is 11.8 Å². The third kappa shape index (κ3) is 5.37. The first-order chi connectivity index (χ1) is 12.9. The molecule has 2 aromatic rings. The summed E-state index contributed by atoms with van der Waals surface area (Å²) in [5.74, 6) is -3.32. The van der Waals surface area contributed by atoms with E-state index in [9.17, 15) is 18.4 Å². The second-order valence-electron chi connectivity index (χ2n) is 5.16. The van der Waals surface area contributed by atoms with E-state index in [1.807, 2.05) is 5.32 Å². The lowest BCUT2D eigenvalue weighted by Crippen LogP contribution is -2.22. The second-order valence-corrected chi connectivity index (χ2v) is 5.16. The van der Waals surface area contributed by atoms with E-state index in [1.54, 1.807) is 30.3 Å². The zero-order chi connectivity index (χ0) is 19.8. The van der Waals surface area contributed by atoms with Crippen molar-refractivity contribution in [2.45, 2.75) is 0 Å². The first kappa shape index (κ1) is 19.6. The lowest BCUT2D eigenvalue weighted by molar-refractivity contribution is -0.142. The molecular formula is C19H14F2N2O4. The van der Waals surface area contributed by atoms with Crippen LogP contribution in [-0.2, 0) is 14.3 Å². The van der Waals surface area contributed by atoms with Gasteiger partial charge in [-0.1, -0.05) is 18.2 Å². The van der Waals surface area contributed by atoms with Gasteiger partial charge in [-0.3, -0.25) is 4.79 Å². The van der Waals surface area contributed by atoms with Crippen molar-refractivity contribution < 1.29 is 27.8 Å². The lowest BCUT2D eigenvalue weighted by atomic mass is 10.1. The highest BCUT2D eigenvalue weighted by Crippen LogP contribution is 2.18. The van der Waals surface area contributed by atoms with Crippen LogP contribution in [0.3, 0.4) is 0 Å². The Kier molecular flexibility index (Phi) is 6.61. The molecule has 1 N–H and O–H groups in total. The average Bonchev–Trinajstić information content (AvgIpc) is 2.67. The number of amides is 1. The van der Waals surface area contributed by atoms with Gasteiger partial charge in [0, 0.05) is 0 Å². The molecule has 0 spiro atoms. The lowest BCUT2D eigenvalue weighted by Gasteiger charge is -2.08. The van der Waals surface area contributed by atoms with Gasteiger partial charge in [0.25, 0.3) is 5.91 Å². The molecule has 2 rings (SSSR count). The quantitative estimate of drug-likeness (QED) is 0.478. The summed E-state index contributed by atoms with van der Waals surface area (Å²) >= 11 is 0. The van der Waals surface area contributed by atoms with E-state index in [4.69, 9.17) is 14.7 Å². The van der Waals surface area contributed by atoms with Gasteiger partial charge in [-0.25, -0.2) is 13.6 Å². The number of carbonyl (C=O) groups is 2. The monoisotopic (exact) mass is 372 g/mol. The number of nitrogens with one attached hydrogen (secondary N) is 1. The largest absolute Gasteiger partial charge is 0.497 e. The number of ether oxygens (including phenoxy) is 2. The van der Waals surface area contributed by atoms with Crippen LogP contribution in [-0.4, -0.2) is 25.6 Å². The minimum absolute atomic E-state index is 0.343. The molecule has 2 aromatic carbocycles. The van der Waals surface area contributed by atoms with Crippen molar-refractivity contribution in [3.05, 3.63) is 65.2 Å². The average molecular weight is 372 g/mol. The van der Waals surface area contributed by atoms with Crippen LogP contribution in [0.15, 0.2) is 48.0 Å². The highest BCUT2D eigenvalue weighted by Gasteiger charge is 2.16. The van der Waals surface area contributed by atoms with E-state index in [0.29, 0.717) is 11.3 Å². The fourth-order valence-electron chi connectivity index (χ4n) is 2.01. The number of benzene rings is 2. The number of carbonyl (C=O) groups excluding carboxylic acids is 2. The van der Waals surface area contributed by atoms with Crippen LogP contribution in [0.1, 0.15) is 5.56 Å². The van der Waals surface area contributed by atoms with Crippen molar-refractivity contribution in [1.29, 1.82) is 5.26 Å². The minimum atomic E-state index is -1.04. The molecule has 138 valence electrons. The van der Waals surface area contributed by atoms with Gasteiger partial charge in [-0.15, -0.1) is 0 Å². The third-order valence-electron chi connectivity index (χ3n) is 3.33. The Morgan fingerprint density at radius 2 is 1.78 bits per heavy atom. The Morgan fingerprint density at radius 1 is 1.15 bits per heavy atom. The minimum Gasteiger partial charge on any atom is -0.497 e. The number of halogens is 2. The summed E-state index contributed by atoms with van der Waals surface area (Å²) in [7, 11) is 1.50. The molecule has 0 aliphatic heterocycles. The van der Waals surface area contributed by atoms with Gasteiger partial charge >= 0.3 is 5.97 Å². The van der Waals surface area contributed by atoms with Gasteiger partial charge in [0.05, 0.1) is 7.11 Å². The van der Waals surface area contributed by atoms with Crippen LogP contribution in [0.5, 0.6) is 5.75 Å². The fraction of sp³-hybridized carbons (Fsp3) is 0.105. The van der Waals surface area contributed by atoms with E-state index in [2.05, 4.69) is 0 Å². The predicted octanol–water partition coefficient (Wildman–Crippen LogP) is 3.06. The molecule has 0 aromatic heterocycles. The highest BCUT2D eigenvalue weighted by atomic mass is 19.1. The number of anilines is 1. The number of methoxy groups -OCH3 is 1. The smallest absolute Gasteiger partial charge is 0.349 e. The zero-order valence-electron chi connectivity index (χ0n) is 14.2. The first-order valence-corrected chi connectivity index (χ1v) is 7.61. The van der Waals surface area contributed by atoms with Gasteiger partial charge in [-0.2, -0.15) is 5.26 Å². The maximum atomic E-state index is 13.5. The molecule has 0 saturated carbocycles. The molecule has 0 aliphatic rings. The first-order valence-electron chi connectivity index (χ1n) is 7.61. The standard InChI is InChI=1S/C19H14F2N2O4/c1-26-14-7-5-12(6-8-14)9-13(10-22)19(25)27-11-17(24)23-18-15(20)3-2-4-16(18)21/h2-9H,11H2,1H3,(H,23,24)/b13-9+. The van der Waals surface area contributed by atoms with Crippen molar-refractivity contribution in [2.24, 2.45) is 0 Å². The Labute approximate surface area is 153 Å². The third-order valence-corrected chi connectivity index (χ3v) is 3.33. The summed E-state index contributed by atoms with van der Waals surface area (Å²) < 4.78 is 36.6. The molecule has 0 saturated heterocycles. The van der Waals surface area contributed by atoms with Crippen molar-refractivity contribution >= 4 is 23.6 Å². The number of hydrogen-bond acceptors (Lipinski definition) is 5. The summed E-state index contributed by atoms with van der Waals surface area (Å²) in [6.45, 7) is -0.811. The van der Waals surface area contributed by atoms with E-state index >= 15 is 0 Å². The van der Waals surface area contributed by atoms with Crippen LogP contribution in [0.2, 0.25) is 0 Å². The summed E-state index contributed by atoms with van der Waals surface area (Å²) in [5.41, 5.74) is -0.444. The molecule has 6 nitrogen and oxygen atoms in total. The van der Waals surface area contributed by atoms with Gasteiger partial charge in [0.1, 0.15) is 34.7 Å². The maximum absolute atomic E-state index is 13.5. The molecule has 0 radical (unpaired) electrons. The molecular weight excluding hydrogens is 358 g/mol. The summed E-state index contributed by atoms with van der Waals surface area (Å²) in [4.78, 5) is 23.6. The predicted molar refractivity (Wildman–Crippen MR) is 92.5 cm³/mol. The van der Waals surface area contributed by atoms with Gasteiger partial charge in [-0.05, 0) is 35.9 Å². The molecule has 0 atom stereocenters. The Morgan fingerprint density at radius 3 is 2.33 bits per heavy atom. The number of esters is 1. The van der Waals surface area contributed by atoms with Gasteiger partial charge in [0.15, 0.2) is 6.61 Å². The molecule has 8 heteroatoms. The summed E-state index contributed by atoms with van der Waals surface area (Å²) in [6.07, 6.45) is 1.27. The van der Waals surface area contributed by atoms with Crippen molar-refractivity contribution in [3.63, 3.8) is 0 Å². The van der Waals surface area contributed by atoms with Crippen LogP contribution < -0.4 is 10.1 Å². The van der Waals surface area contributed by atoms with E-state index in [1.165, 1.54) is 13.2 Å². The number of hydrogen-bond donors (Lipinski definition) is 1. The zero-order valence-corrected chi connectivity index (χ0v) is 14.2. The topological polar surface area (TPSA) is 88.4 Å². The summed E-state index contributed by atoms with van der Waals surface area (Å²) in [5, 5.41) is 11.1. The number of nitrogens with zero attached hydrogens (tertiary/aromatic N) is 1. The van der Waals surface area contributed by atoms with Crippen molar-refractivity contribution in [2.75, 3.05) is 19.0 Å². The van der Waals surface area contributed by atoms with Crippen molar-refractivity contribution in [1.82, 2.24) is 0 Å². The van der Waals surface area contributed by atoms with Crippen LogP contribution in [0.25, 0.3) is 6.08 Å². The van der Waals surface area contributed by atoms with Crippen LogP contribution in [0, 0.1) is 23.0 Å².